The zero-order valence-electron chi connectivity index (χ0n) is 26.0. The van der Waals surface area contributed by atoms with E-state index in [9.17, 15) is 9.59 Å². The molecule has 0 fully saturated rings. The summed E-state index contributed by atoms with van der Waals surface area (Å²) < 4.78 is 11.3. The van der Waals surface area contributed by atoms with Gasteiger partial charge in [0, 0.05) is 0 Å². The van der Waals surface area contributed by atoms with Crippen LogP contribution in [0.3, 0.4) is 0 Å². The molecular formula is C36H46O4. The molecule has 0 heterocycles. The molecule has 0 atom stereocenters. The molecule has 214 valence electrons. The van der Waals surface area contributed by atoms with Crippen molar-refractivity contribution >= 4 is 11.9 Å². The molecular weight excluding hydrogens is 496 g/mol. The van der Waals surface area contributed by atoms with Crippen molar-refractivity contribution in [3.8, 4) is 11.5 Å². The summed E-state index contributed by atoms with van der Waals surface area (Å²) >= 11 is 0. The number of ether oxygens (including phenoxy) is 2. The van der Waals surface area contributed by atoms with E-state index < -0.39 is 11.9 Å². The van der Waals surface area contributed by atoms with Crippen LogP contribution < -0.4 is 9.47 Å². The maximum Gasteiger partial charge on any atom is 0.344 e. The molecule has 3 aromatic rings. The quantitative estimate of drug-likeness (QED) is 0.210. The number of hydrogen-bond donors (Lipinski definition) is 0. The first-order valence-corrected chi connectivity index (χ1v) is 14.1. The average molecular weight is 543 g/mol. The smallest absolute Gasteiger partial charge is 0.344 e. The van der Waals surface area contributed by atoms with Gasteiger partial charge in [0.2, 0.25) is 0 Å². The van der Waals surface area contributed by atoms with Crippen molar-refractivity contribution in [3.05, 3.63) is 95.1 Å². The Morgan fingerprint density at radius 1 is 0.500 bits per heavy atom. The zero-order chi connectivity index (χ0) is 29.9. The van der Waals surface area contributed by atoms with Crippen LogP contribution in [0.4, 0.5) is 0 Å². The number of benzene rings is 3. The van der Waals surface area contributed by atoms with Gasteiger partial charge in [-0.1, -0.05) is 106 Å². The van der Waals surface area contributed by atoms with E-state index in [1.807, 2.05) is 24.3 Å². The van der Waals surface area contributed by atoms with E-state index in [1.54, 1.807) is 48.5 Å². The van der Waals surface area contributed by atoms with Crippen molar-refractivity contribution in [1.29, 1.82) is 0 Å². The van der Waals surface area contributed by atoms with Gasteiger partial charge in [-0.25, -0.2) is 9.59 Å². The Balaban J connectivity index is 1.72. The minimum atomic E-state index is -0.603. The first-order chi connectivity index (χ1) is 18.4. The summed E-state index contributed by atoms with van der Waals surface area (Å²) in [6.07, 6.45) is 2.04. The second-order valence-corrected chi connectivity index (χ2v) is 14.6. The molecule has 0 aromatic heterocycles. The normalized spacial score (nSPS) is 12.7. The number of hydrogen-bond acceptors (Lipinski definition) is 4. The van der Waals surface area contributed by atoms with E-state index in [0.717, 1.165) is 12.8 Å². The molecule has 3 rings (SSSR count). The maximum absolute atomic E-state index is 13.1. The monoisotopic (exact) mass is 542 g/mol. The number of esters is 2. The predicted molar refractivity (Wildman–Crippen MR) is 163 cm³/mol. The molecule has 0 aliphatic carbocycles. The van der Waals surface area contributed by atoms with Crippen molar-refractivity contribution in [2.45, 2.75) is 92.9 Å². The lowest BCUT2D eigenvalue weighted by atomic mass is 9.72. The van der Waals surface area contributed by atoms with Crippen LogP contribution in [-0.4, -0.2) is 11.9 Å². The lowest BCUT2D eigenvalue weighted by molar-refractivity contribution is 0.0692. The highest BCUT2D eigenvalue weighted by molar-refractivity contribution is 6.04. The van der Waals surface area contributed by atoms with Gasteiger partial charge in [-0.3, -0.25) is 0 Å². The number of rotatable bonds is 8. The van der Waals surface area contributed by atoms with Crippen LogP contribution in [0.25, 0.3) is 0 Å². The Morgan fingerprint density at radius 3 is 1.07 bits per heavy atom. The Hall–Kier alpha value is -3.40. The van der Waals surface area contributed by atoms with Crippen molar-refractivity contribution in [2.24, 2.45) is 10.8 Å². The second kappa shape index (κ2) is 11.6. The van der Waals surface area contributed by atoms with Crippen LogP contribution in [0.15, 0.2) is 72.8 Å². The van der Waals surface area contributed by atoms with E-state index in [0.29, 0.717) is 11.5 Å². The minimum Gasteiger partial charge on any atom is -0.423 e. The topological polar surface area (TPSA) is 52.6 Å². The van der Waals surface area contributed by atoms with Gasteiger partial charge in [0.25, 0.3) is 0 Å². The molecule has 3 aromatic carbocycles. The first kappa shape index (κ1) is 31.1. The first-order valence-electron chi connectivity index (χ1n) is 14.1. The van der Waals surface area contributed by atoms with Crippen molar-refractivity contribution in [2.75, 3.05) is 0 Å². The van der Waals surface area contributed by atoms with Gasteiger partial charge in [-0.15, -0.1) is 0 Å². The van der Waals surface area contributed by atoms with Crippen LogP contribution in [0.2, 0.25) is 0 Å². The number of carbonyl (C=O) groups excluding carboxylic acids is 2. The summed E-state index contributed by atoms with van der Waals surface area (Å²) in [6.45, 7) is 22.3. The predicted octanol–water partition coefficient (Wildman–Crippen LogP) is 9.55. The average Bonchev–Trinajstić information content (AvgIpc) is 2.82. The molecule has 0 unspecified atom stereocenters. The molecule has 0 aliphatic heterocycles. The molecule has 0 radical (unpaired) electrons. The molecule has 0 bridgehead atoms. The largest absolute Gasteiger partial charge is 0.423 e. The molecule has 4 heteroatoms. The van der Waals surface area contributed by atoms with E-state index in [2.05, 4.69) is 69.2 Å². The molecule has 0 amide bonds. The van der Waals surface area contributed by atoms with Crippen molar-refractivity contribution in [1.82, 2.24) is 0 Å². The zero-order valence-corrected chi connectivity index (χ0v) is 26.0. The van der Waals surface area contributed by atoms with Crippen LogP contribution in [0.1, 0.15) is 114 Å². The minimum absolute atomic E-state index is 0.0162. The van der Waals surface area contributed by atoms with Gasteiger partial charge >= 0.3 is 11.9 Å². The summed E-state index contributed by atoms with van der Waals surface area (Å²) in [5, 5.41) is 0. The van der Waals surface area contributed by atoms with Gasteiger partial charge in [-0.05, 0) is 82.0 Å². The van der Waals surface area contributed by atoms with E-state index in [1.165, 1.54) is 11.1 Å². The fraction of sp³-hybridized carbons (Fsp3) is 0.444. The maximum atomic E-state index is 13.1. The Labute approximate surface area is 241 Å². The highest BCUT2D eigenvalue weighted by atomic mass is 16.5. The molecule has 0 aliphatic rings. The van der Waals surface area contributed by atoms with Gasteiger partial charge in [0.15, 0.2) is 0 Å². The SMILES string of the molecule is CC(C)(C)CC(C)(C)c1ccc(OC(=O)c2ccccc2C(=O)Oc2ccc(C(C)(C)CC(C)(C)C)cc2)cc1. The van der Waals surface area contributed by atoms with Gasteiger partial charge < -0.3 is 9.47 Å². The van der Waals surface area contributed by atoms with E-state index in [4.69, 9.17) is 9.47 Å². The summed E-state index contributed by atoms with van der Waals surface area (Å²) in [4.78, 5) is 26.2. The molecule has 0 N–H and O–H groups in total. The van der Waals surface area contributed by atoms with E-state index in [-0.39, 0.29) is 32.8 Å². The summed E-state index contributed by atoms with van der Waals surface area (Å²) in [5.41, 5.74) is 3.03. The fourth-order valence-electron chi connectivity index (χ4n) is 5.97. The standard InChI is InChI=1S/C36H46O4/c1-33(2,3)23-35(7,8)25-15-19-27(20-16-25)39-31(37)29-13-11-12-14-30(29)32(38)40-28-21-17-26(18-22-28)36(9,10)24-34(4,5)6/h11-22H,23-24H2,1-10H3. The lowest BCUT2D eigenvalue weighted by Crippen LogP contribution is -2.24. The molecule has 40 heavy (non-hydrogen) atoms. The summed E-state index contributed by atoms with van der Waals surface area (Å²) in [7, 11) is 0. The van der Waals surface area contributed by atoms with Gasteiger partial charge in [0.1, 0.15) is 11.5 Å². The second-order valence-electron chi connectivity index (χ2n) is 14.6. The third-order valence-corrected chi connectivity index (χ3v) is 7.00. The molecule has 0 saturated carbocycles. The van der Waals surface area contributed by atoms with Gasteiger partial charge in [-0.2, -0.15) is 0 Å². The van der Waals surface area contributed by atoms with Crippen molar-refractivity contribution in [3.63, 3.8) is 0 Å². The van der Waals surface area contributed by atoms with Crippen LogP contribution in [0, 0.1) is 10.8 Å². The molecule has 4 nitrogen and oxygen atoms in total. The summed E-state index contributed by atoms with van der Waals surface area (Å²) in [6, 6.07) is 21.8. The van der Waals surface area contributed by atoms with Crippen molar-refractivity contribution < 1.29 is 19.1 Å². The van der Waals surface area contributed by atoms with Crippen LogP contribution in [0.5, 0.6) is 11.5 Å². The third kappa shape index (κ3) is 8.55. The lowest BCUT2D eigenvalue weighted by Gasteiger charge is -2.33. The number of carbonyl (C=O) groups is 2. The Morgan fingerprint density at radius 2 is 0.800 bits per heavy atom. The van der Waals surface area contributed by atoms with Crippen LogP contribution in [-0.2, 0) is 10.8 Å². The summed E-state index contributed by atoms with van der Waals surface area (Å²) in [5.74, 6) is -0.351. The highest BCUT2D eigenvalue weighted by Crippen LogP contribution is 2.38. The fourth-order valence-corrected chi connectivity index (χ4v) is 5.97. The van der Waals surface area contributed by atoms with Crippen LogP contribution >= 0.6 is 0 Å². The highest BCUT2D eigenvalue weighted by Gasteiger charge is 2.29. The third-order valence-electron chi connectivity index (χ3n) is 7.00. The Kier molecular flexibility index (Phi) is 9.03. The van der Waals surface area contributed by atoms with Gasteiger partial charge in [0.05, 0.1) is 11.1 Å². The van der Waals surface area contributed by atoms with E-state index >= 15 is 0 Å². The molecule has 0 saturated heterocycles. The Bertz CT molecular complexity index is 1210. The molecule has 0 spiro atoms.